The van der Waals surface area contributed by atoms with Gasteiger partial charge < -0.3 is 9.64 Å². The van der Waals surface area contributed by atoms with Gasteiger partial charge in [0, 0.05) is 37.3 Å². The molecule has 0 unspecified atom stereocenters. The van der Waals surface area contributed by atoms with Gasteiger partial charge in [-0.05, 0) is 63.3 Å². The summed E-state index contributed by atoms with van der Waals surface area (Å²) in [5.74, 6) is -0.270. The number of amides is 1. The third-order valence-electron chi connectivity index (χ3n) is 6.30. The molecule has 0 atom stereocenters. The smallest absolute Gasteiger partial charge is 0.274 e. The third kappa shape index (κ3) is 5.55. The number of benzene rings is 2. The molecule has 1 aliphatic rings. The number of carbonyl (C=O) groups is 1. The number of nitro groups is 1. The molecule has 4 rings (SSSR count). The molecule has 38 heavy (non-hydrogen) atoms. The number of nitro benzene ring substituents is 1. The molecule has 1 fully saturated rings. The molecule has 1 N–H and O–H groups in total. The van der Waals surface area contributed by atoms with E-state index in [9.17, 15) is 23.3 Å². The Morgan fingerprint density at radius 1 is 1.21 bits per heavy atom. The van der Waals surface area contributed by atoms with Gasteiger partial charge in [0.1, 0.15) is 10.6 Å². The average Bonchev–Trinajstić information content (AvgIpc) is 3.61. The van der Waals surface area contributed by atoms with Crippen molar-refractivity contribution in [2.75, 3.05) is 13.6 Å². The zero-order chi connectivity index (χ0) is 27.8. The third-order valence-corrected chi connectivity index (χ3v) is 7.84. The van der Waals surface area contributed by atoms with Crippen molar-refractivity contribution in [3.8, 4) is 17.3 Å². The van der Waals surface area contributed by atoms with Crippen LogP contribution >= 0.6 is 0 Å². The summed E-state index contributed by atoms with van der Waals surface area (Å²) in [5, 5.41) is 16.0. The summed E-state index contributed by atoms with van der Waals surface area (Å²) < 4.78 is 36.6. The number of aryl methyl sites for hydroxylation is 2. The zero-order valence-corrected chi connectivity index (χ0v) is 22.8. The monoisotopic (exact) mass is 541 g/mol. The van der Waals surface area contributed by atoms with Gasteiger partial charge in [-0.1, -0.05) is 19.1 Å². The Balaban J connectivity index is 1.89. The number of aromatic nitrogens is 2. The highest BCUT2D eigenvalue weighted by Gasteiger charge is 2.33. The van der Waals surface area contributed by atoms with Gasteiger partial charge in [-0.3, -0.25) is 14.9 Å². The first-order valence-corrected chi connectivity index (χ1v) is 13.8. The first kappa shape index (κ1) is 27.3. The number of nitrogens with zero attached hydrogens (tertiary/aromatic N) is 4. The number of sulfonamides is 1. The van der Waals surface area contributed by atoms with Gasteiger partial charge in [0.25, 0.3) is 11.6 Å². The summed E-state index contributed by atoms with van der Waals surface area (Å²) in [7, 11) is -2.44. The first-order chi connectivity index (χ1) is 17.9. The van der Waals surface area contributed by atoms with Crippen LogP contribution in [0.1, 0.15) is 53.4 Å². The van der Waals surface area contributed by atoms with E-state index < -0.39 is 14.9 Å². The lowest BCUT2D eigenvalue weighted by molar-refractivity contribution is -0.385. The van der Waals surface area contributed by atoms with E-state index in [2.05, 4.69) is 9.82 Å². The van der Waals surface area contributed by atoms with Crippen LogP contribution in [0.4, 0.5) is 5.69 Å². The Hall–Kier alpha value is -3.77. The fourth-order valence-corrected chi connectivity index (χ4v) is 5.48. The van der Waals surface area contributed by atoms with Crippen molar-refractivity contribution in [2.24, 2.45) is 0 Å². The Bertz CT molecular complexity index is 1510. The second kappa shape index (κ2) is 10.5. The summed E-state index contributed by atoms with van der Waals surface area (Å²) in [6.07, 6.45) is 2.15. The fourth-order valence-electron chi connectivity index (χ4n) is 4.03. The van der Waals surface area contributed by atoms with E-state index in [-0.39, 0.29) is 39.9 Å². The van der Waals surface area contributed by atoms with Gasteiger partial charge >= 0.3 is 0 Å². The summed E-state index contributed by atoms with van der Waals surface area (Å²) in [6, 6.07) is 8.95. The van der Waals surface area contributed by atoms with Crippen molar-refractivity contribution in [1.29, 1.82) is 0 Å². The van der Waals surface area contributed by atoms with E-state index in [4.69, 9.17) is 4.74 Å². The van der Waals surface area contributed by atoms with Crippen molar-refractivity contribution in [1.82, 2.24) is 19.4 Å². The minimum absolute atomic E-state index is 0.112. The maximum atomic E-state index is 13.2. The molecule has 1 aromatic heterocycles. The molecule has 1 heterocycles. The van der Waals surface area contributed by atoms with E-state index in [0.717, 1.165) is 23.6 Å². The second-order valence-corrected chi connectivity index (χ2v) is 11.3. The molecule has 1 aliphatic carbocycles. The van der Waals surface area contributed by atoms with Crippen molar-refractivity contribution in [2.45, 2.75) is 57.9 Å². The molecule has 0 radical (unpaired) electrons. The van der Waals surface area contributed by atoms with E-state index in [1.54, 1.807) is 18.9 Å². The van der Waals surface area contributed by atoms with Crippen LogP contribution in [0.5, 0.6) is 11.6 Å². The maximum Gasteiger partial charge on any atom is 0.274 e. The number of rotatable bonds is 10. The number of nitrogens with one attached hydrogen (secondary N) is 1. The minimum atomic E-state index is -4.12. The lowest BCUT2D eigenvalue weighted by Crippen LogP contribution is -2.28. The normalized spacial score (nSPS) is 13.4. The molecule has 0 saturated heterocycles. The number of non-ortho nitro benzene ring substituents is 1. The Kier molecular flexibility index (Phi) is 7.56. The predicted octanol–water partition coefficient (Wildman–Crippen LogP) is 4.42. The van der Waals surface area contributed by atoms with E-state index in [1.807, 2.05) is 39.0 Å². The van der Waals surface area contributed by atoms with Crippen LogP contribution in [0, 0.1) is 30.9 Å². The van der Waals surface area contributed by atoms with Gasteiger partial charge in [0.15, 0.2) is 5.69 Å². The van der Waals surface area contributed by atoms with Crippen molar-refractivity contribution >= 4 is 21.6 Å². The van der Waals surface area contributed by atoms with Crippen LogP contribution in [0.15, 0.2) is 41.3 Å². The summed E-state index contributed by atoms with van der Waals surface area (Å²) in [5.41, 5.74) is 2.66. The topological polar surface area (TPSA) is 137 Å². The highest BCUT2D eigenvalue weighted by Crippen LogP contribution is 2.37. The molecule has 0 spiro atoms. The molecule has 1 saturated carbocycles. The van der Waals surface area contributed by atoms with E-state index >= 15 is 0 Å². The molecule has 2 aromatic carbocycles. The number of carbonyl (C=O) groups excluding carboxylic acids is 1. The molecule has 0 aliphatic heterocycles. The van der Waals surface area contributed by atoms with Crippen molar-refractivity contribution in [3.63, 3.8) is 0 Å². The van der Waals surface area contributed by atoms with Crippen LogP contribution < -0.4 is 9.46 Å². The van der Waals surface area contributed by atoms with Crippen molar-refractivity contribution < 1.29 is 22.9 Å². The van der Waals surface area contributed by atoms with Crippen LogP contribution in [0.3, 0.4) is 0 Å². The van der Waals surface area contributed by atoms with Gasteiger partial charge in [-0.2, -0.15) is 9.78 Å². The van der Waals surface area contributed by atoms with Crippen LogP contribution in [0.25, 0.3) is 5.69 Å². The predicted molar refractivity (Wildman–Crippen MR) is 142 cm³/mol. The van der Waals surface area contributed by atoms with Crippen LogP contribution in [-0.4, -0.2) is 53.6 Å². The average molecular weight is 542 g/mol. The van der Waals surface area contributed by atoms with Crippen LogP contribution in [0.2, 0.25) is 0 Å². The Morgan fingerprint density at radius 3 is 2.55 bits per heavy atom. The van der Waals surface area contributed by atoms with Gasteiger partial charge in [-0.25, -0.2) is 13.1 Å². The van der Waals surface area contributed by atoms with E-state index in [0.29, 0.717) is 30.6 Å². The molecular weight excluding hydrogens is 510 g/mol. The number of hydrogen-bond acceptors (Lipinski definition) is 7. The minimum Gasteiger partial charge on any atom is -0.437 e. The fraction of sp³-hybridized carbons (Fsp3) is 0.385. The number of ether oxygens (including phenoxy) is 1. The molecule has 12 heteroatoms. The van der Waals surface area contributed by atoms with Gasteiger partial charge in [-0.15, -0.1) is 0 Å². The molecule has 11 nitrogen and oxygen atoms in total. The lowest BCUT2D eigenvalue weighted by atomic mass is 10.1. The lowest BCUT2D eigenvalue weighted by Gasteiger charge is -2.15. The Labute approximate surface area is 221 Å². The molecule has 1 amide bonds. The standard InChI is InChI=1S/C26H31N5O6S/c1-6-13-29(5)25(32)24-18(4)26(30(27-24)21-14-16(2)7-8-17(21)3)37-22-12-11-20(31(33)34)15-23(22)38(35,36)28-19-9-10-19/h7-8,11-12,14-15,19,28H,6,9-10,13H2,1-5H3. The highest BCUT2D eigenvalue weighted by atomic mass is 32.2. The highest BCUT2D eigenvalue weighted by molar-refractivity contribution is 7.89. The maximum absolute atomic E-state index is 13.2. The van der Waals surface area contributed by atoms with Gasteiger partial charge in [0.05, 0.1) is 10.6 Å². The Morgan fingerprint density at radius 2 is 1.92 bits per heavy atom. The summed E-state index contributed by atoms with van der Waals surface area (Å²) >= 11 is 0. The molecule has 0 bridgehead atoms. The summed E-state index contributed by atoms with van der Waals surface area (Å²) in [6.45, 7) is 7.99. The van der Waals surface area contributed by atoms with E-state index in [1.165, 1.54) is 16.8 Å². The quantitative estimate of drug-likeness (QED) is 0.296. The van der Waals surface area contributed by atoms with Crippen LogP contribution in [-0.2, 0) is 10.0 Å². The molecule has 3 aromatic rings. The summed E-state index contributed by atoms with van der Waals surface area (Å²) in [4.78, 5) is 25.2. The zero-order valence-electron chi connectivity index (χ0n) is 22.0. The first-order valence-electron chi connectivity index (χ1n) is 12.3. The molecule has 202 valence electrons. The SMILES string of the molecule is CCCN(C)C(=O)c1nn(-c2cc(C)ccc2C)c(Oc2ccc([N+](=O)[O-])cc2S(=O)(=O)NC2CC2)c1C. The largest absolute Gasteiger partial charge is 0.437 e. The number of hydrogen-bond donors (Lipinski definition) is 1. The van der Waals surface area contributed by atoms with Crippen molar-refractivity contribution in [3.05, 3.63) is 68.9 Å². The van der Waals surface area contributed by atoms with Gasteiger partial charge in [0.2, 0.25) is 15.9 Å². The second-order valence-electron chi connectivity index (χ2n) is 9.59. The molecular formula is C26H31N5O6S.